The molecule has 2 aromatic rings. The first kappa shape index (κ1) is 25.5. The second kappa shape index (κ2) is 11.4. The molecule has 1 aromatic carbocycles. The lowest BCUT2D eigenvalue weighted by Gasteiger charge is -2.34. The van der Waals surface area contributed by atoms with E-state index in [0.29, 0.717) is 18.9 Å². The number of carbonyl (C=O) groups excluding carboxylic acids is 1. The van der Waals surface area contributed by atoms with E-state index in [0.717, 1.165) is 42.4 Å². The number of hydrogen-bond acceptors (Lipinski definition) is 6. The highest BCUT2D eigenvalue weighted by molar-refractivity contribution is 5.90. The van der Waals surface area contributed by atoms with Crippen molar-refractivity contribution < 1.29 is 14.7 Å². The number of amides is 2. The Labute approximate surface area is 201 Å². The van der Waals surface area contributed by atoms with Gasteiger partial charge in [0.05, 0.1) is 5.52 Å². The molecule has 1 aliphatic rings. The normalized spacial score (nSPS) is 19.0. The summed E-state index contributed by atoms with van der Waals surface area (Å²) in [6.45, 7) is 6.12. The predicted octanol–water partition coefficient (Wildman–Crippen LogP) is 3.95. The SMILES string of the molecule is CCN(C(=O)N[C@H]1CC[C@@H](Nc2nc(N(C)C)c3ccccc3n2)CC1)[C@@H](CC(C)C)C(=O)O. The van der Waals surface area contributed by atoms with Crippen molar-refractivity contribution in [2.75, 3.05) is 30.9 Å². The molecule has 1 saturated carbocycles. The maximum atomic E-state index is 12.9. The molecule has 1 aliphatic carbocycles. The first-order valence-corrected chi connectivity index (χ1v) is 12.2. The molecule has 3 N–H and O–H groups in total. The highest BCUT2D eigenvalue weighted by atomic mass is 16.4. The van der Waals surface area contributed by atoms with E-state index in [9.17, 15) is 14.7 Å². The zero-order valence-corrected chi connectivity index (χ0v) is 20.9. The first-order chi connectivity index (χ1) is 16.2. The molecular formula is C25H38N6O3. The van der Waals surface area contributed by atoms with Crippen LogP contribution >= 0.6 is 0 Å². The van der Waals surface area contributed by atoms with Gasteiger partial charge >= 0.3 is 12.0 Å². The summed E-state index contributed by atoms with van der Waals surface area (Å²) in [4.78, 5) is 37.5. The van der Waals surface area contributed by atoms with Crippen LogP contribution in [0, 0.1) is 5.92 Å². The largest absolute Gasteiger partial charge is 0.480 e. The Balaban J connectivity index is 1.59. The van der Waals surface area contributed by atoms with Crippen molar-refractivity contribution in [1.82, 2.24) is 20.2 Å². The monoisotopic (exact) mass is 470 g/mol. The molecule has 0 radical (unpaired) electrons. The Morgan fingerprint density at radius 1 is 1.09 bits per heavy atom. The van der Waals surface area contributed by atoms with E-state index in [4.69, 9.17) is 9.97 Å². The third kappa shape index (κ3) is 6.27. The van der Waals surface area contributed by atoms with Gasteiger partial charge < -0.3 is 25.5 Å². The van der Waals surface area contributed by atoms with Gasteiger partial charge in [0.1, 0.15) is 11.9 Å². The molecule has 0 unspecified atom stereocenters. The van der Waals surface area contributed by atoms with Gasteiger partial charge in [-0.2, -0.15) is 4.98 Å². The van der Waals surface area contributed by atoms with Gasteiger partial charge in [0.15, 0.2) is 0 Å². The number of anilines is 2. The lowest BCUT2D eigenvalue weighted by molar-refractivity contribution is -0.142. The number of nitrogens with one attached hydrogen (secondary N) is 2. The molecule has 0 spiro atoms. The van der Waals surface area contributed by atoms with E-state index in [1.165, 1.54) is 4.90 Å². The topological polar surface area (TPSA) is 111 Å². The van der Waals surface area contributed by atoms with E-state index in [1.54, 1.807) is 0 Å². The molecule has 3 rings (SSSR count). The number of para-hydroxylation sites is 1. The van der Waals surface area contributed by atoms with Crippen LogP contribution in [0.2, 0.25) is 0 Å². The standard InChI is InChI=1S/C25H38N6O3/c1-6-31(21(23(32)33)15-16(2)3)25(34)27-18-13-11-17(12-14-18)26-24-28-20-10-8-7-9-19(20)22(29-24)30(4)5/h7-10,16-18,21H,6,11-15H2,1-5H3,(H,27,34)(H,32,33)(H,26,28,29)/t17-,18+,21-/m0/s1. The van der Waals surface area contributed by atoms with Gasteiger partial charge in [0, 0.05) is 38.1 Å². The quantitative estimate of drug-likeness (QED) is 0.509. The van der Waals surface area contributed by atoms with E-state index in [-0.39, 0.29) is 24.0 Å². The van der Waals surface area contributed by atoms with Crippen LogP contribution in [0.3, 0.4) is 0 Å². The lowest BCUT2D eigenvalue weighted by Crippen LogP contribution is -2.53. The summed E-state index contributed by atoms with van der Waals surface area (Å²) in [5.74, 6) is 0.731. The van der Waals surface area contributed by atoms with Crippen molar-refractivity contribution in [3.8, 4) is 0 Å². The van der Waals surface area contributed by atoms with E-state index >= 15 is 0 Å². The molecule has 1 aromatic heterocycles. The van der Waals surface area contributed by atoms with Crippen LogP contribution in [-0.4, -0.2) is 70.7 Å². The fourth-order valence-electron chi connectivity index (χ4n) is 4.60. The van der Waals surface area contributed by atoms with Crippen molar-refractivity contribution in [2.45, 2.75) is 71.0 Å². The number of aliphatic carboxylic acids is 1. The first-order valence-electron chi connectivity index (χ1n) is 12.2. The minimum absolute atomic E-state index is 0.0305. The van der Waals surface area contributed by atoms with E-state index in [1.807, 2.05) is 64.0 Å². The second-order valence-corrected chi connectivity index (χ2v) is 9.69. The number of fused-ring (bicyclic) bond motifs is 1. The Hall–Kier alpha value is -3.10. The fourth-order valence-corrected chi connectivity index (χ4v) is 4.60. The molecule has 0 aliphatic heterocycles. The van der Waals surface area contributed by atoms with Crippen molar-refractivity contribution in [1.29, 1.82) is 0 Å². The molecule has 1 fully saturated rings. The third-order valence-electron chi connectivity index (χ3n) is 6.35. The summed E-state index contributed by atoms with van der Waals surface area (Å²) < 4.78 is 0. The molecular weight excluding hydrogens is 432 g/mol. The smallest absolute Gasteiger partial charge is 0.326 e. The number of hydrogen-bond donors (Lipinski definition) is 3. The molecule has 34 heavy (non-hydrogen) atoms. The van der Waals surface area contributed by atoms with Crippen LogP contribution in [0.1, 0.15) is 52.9 Å². The summed E-state index contributed by atoms with van der Waals surface area (Å²) in [6.07, 6.45) is 3.82. The van der Waals surface area contributed by atoms with Gasteiger partial charge in [-0.25, -0.2) is 14.6 Å². The van der Waals surface area contributed by atoms with Crippen molar-refractivity contribution in [3.63, 3.8) is 0 Å². The molecule has 0 saturated heterocycles. The maximum Gasteiger partial charge on any atom is 0.326 e. The van der Waals surface area contributed by atoms with Crippen molar-refractivity contribution in [3.05, 3.63) is 24.3 Å². The minimum Gasteiger partial charge on any atom is -0.480 e. The Kier molecular flexibility index (Phi) is 8.52. The summed E-state index contributed by atoms with van der Waals surface area (Å²) in [6, 6.07) is 7.13. The van der Waals surface area contributed by atoms with Crippen LogP contribution in [0.25, 0.3) is 10.9 Å². The number of urea groups is 1. The molecule has 1 atom stereocenters. The van der Waals surface area contributed by atoms with Crippen LogP contribution in [0.4, 0.5) is 16.6 Å². The molecule has 9 nitrogen and oxygen atoms in total. The zero-order chi connectivity index (χ0) is 24.8. The summed E-state index contributed by atoms with van der Waals surface area (Å²) in [7, 11) is 3.95. The van der Waals surface area contributed by atoms with Gasteiger partial charge in [-0.05, 0) is 57.1 Å². The van der Waals surface area contributed by atoms with Gasteiger partial charge in [-0.1, -0.05) is 26.0 Å². The minimum atomic E-state index is -0.953. The van der Waals surface area contributed by atoms with Gasteiger partial charge in [0.2, 0.25) is 5.95 Å². The Morgan fingerprint density at radius 3 is 2.32 bits per heavy atom. The van der Waals surface area contributed by atoms with Crippen molar-refractivity contribution in [2.24, 2.45) is 5.92 Å². The number of likely N-dealkylation sites (N-methyl/N-ethyl adjacent to an activating group) is 1. The number of aromatic nitrogens is 2. The number of carboxylic acids is 1. The summed E-state index contributed by atoms with van der Waals surface area (Å²) in [5, 5.41) is 17.2. The second-order valence-electron chi connectivity index (χ2n) is 9.69. The molecule has 9 heteroatoms. The van der Waals surface area contributed by atoms with E-state index < -0.39 is 12.0 Å². The zero-order valence-electron chi connectivity index (χ0n) is 20.9. The number of benzene rings is 1. The van der Waals surface area contributed by atoms with Crippen LogP contribution < -0.4 is 15.5 Å². The fraction of sp³-hybridized carbons (Fsp3) is 0.600. The van der Waals surface area contributed by atoms with E-state index in [2.05, 4.69) is 10.6 Å². The van der Waals surface area contributed by atoms with Crippen LogP contribution in [0.5, 0.6) is 0 Å². The lowest BCUT2D eigenvalue weighted by atomic mass is 9.91. The maximum absolute atomic E-state index is 12.9. The Bertz CT molecular complexity index is 988. The average molecular weight is 471 g/mol. The molecule has 1 heterocycles. The van der Waals surface area contributed by atoms with Gasteiger partial charge in [0.25, 0.3) is 0 Å². The van der Waals surface area contributed by atoms with Gasteiger partial charge in [-0.3, -0.25) is 0 Å². The third-order valence-corrected chi connectivity index (χ3v) is 6.35. The van der Waals surface area contributed by atoms with Crippen LogP contribution in [0.15, 0.2) is 24.3 Å². The van der Waals surface area contributed by atoms with Crippen LogP contribution in [-0.2, 0) is 4.79 Å². The molecule has 0 bridgehead atoms. The highest BCUT2D eigenvalue weighted by Crippen LogP contribution is 2.26. The van der Waals surface area contributed by atoms with Crippen molar-refractivity contribution >= 4 is 34.7 Å². The molecule has 186 valence electrons. The van der Waals surface area contributed by atoms with Gasteiger partial charge in [-0.15, -0.1) is 0 Å². The number of carboxylic acid groups (broad SMARTS) is 1. The highest BCUT2D eigenvalue weighted by Gasteiger charge is 2.31. The summed E-state index contributed by atoms with van der Waals surface area (Å²) >= 11 is 0. The number of rotatable bonds is 9. The average Bonchev–Trinajstić information content (AvgIpc) is 2.79. The Morgan fingerprint density at radius 2 is 1.74 bits per heavy atom. The molecule has 2 amide bonds. The number of carbonyl (C=O) groups is 2. The predicted molar refractivity (Wildman–Crippen MR) is 135 cm³/mol. The number of nitrogens with zero attached hydrogens (tertiary/aromatic N) is 4. The summed E-state index contributed by atoms with van der Waals surface area (Å²) in [5.41, 5.74) is 0.902.